The van der Waals surface area contributed by atoms with Crippen molar-refractivity contribution in [1.82, 2.24) is 10.2 Å². The fourth-order valence-corrected chi connectivity index (χ4v) is 3.00. The number of piperidine rings is 1. The van der Waals surface area contributed by atoms with Crippen LogP contribution in [0.2, 0.25) is 0 Å². The van der Waals surface area contributed by atoms with Crippen LogP contribution < -0.4 is 5.32 Å². The minimum atomic E-state index is -0.160. The second kappa shape index (κ2) is 7.52. The lowest BCUT2D eigenvalue weighted by Crippen LogP contribution is -2.41. The second-order valence-corrected chi connectivity index (χ2v) is 6.04. The SMILES string of the molecule is Fc1ccc(CN2CCC(NCc3ccccc3)CC2)cc1. The molecular formula is C19H23FN2. The Balaban J connectivity index is 1.41. The van der Waals surface area contributed by atoms with E-state index >= 15 is 0 Å². The van der Waals surface area contributed by atoms with Gasteiger partial charge in [0, 0.05) is 19.1 Å². The zero-order chi connectivity index (χ0) is 15.2. The van der Waals surface area contributed by atoms with Gasteiger partial charge in [-0.25, -0.2) is 4.39 Å². The molecule has 0 saturated carbocycles. The molecule has 2 nitrogen and oxygen atoms in total. The molecule has 0 aliphatic carbocycles. The summed E-state index contributed by atoms with van der Waals surface area (Å²) in [6.45, 7) is 4.07. The lowest BCUT2D eigenvalue weighted by molar-refractivity contribution is 0.190. The molecule has 0 aromatic heterocycles. The van der Waals surface area contributed by atoms with Crippen molar-refractivity contribution in [1.29, 1.82) is 0 Å². The van der Waals surface area contributed by atoms with Crippen LogP contribution in [0.25, 0.3) is 0 Å². The van der Waals surface area contributed by atoms with Crippen LogP contribution in [0.1, 0.15) is 24.0 Å². The quantitative estimate of drug-likeness (QED) is 0.907. The summed E-state index contributed by atoms with van der Waals surface area (Å²) in [5.74, 6) is -0.160. The van der Waals surface area contributed by atoms with Crippen molar-refractivity contribution in [2.24, 2.45) is 0 Å². The highest BCUT2D eigenvalue weighted by Crippen LogP contribution is 2.15. The summed E-state index contributed by atoms with van der Waals surface area (Å²) in [7, 11) is 0. The van der Waals surface area contributed by atoms with Gasteiger partial charge in [0.15, 0.2) is 0 Å². The first-order valence-corrected chi connectivity index (χ1v) is 8.04. The zero-order valence-corrected chi connectivity index (χ0v) is 12.8. The Labute approximate surface area is 132 Å². The molecule has 0 bridgehead atoms. The third-order valence-corrected chi connectivity index (χ3v) is 4.34. The van der Waals surface area contributed by atoms with Crippen LogP contribution in [0.4, 0.5) is 4.39 Å². The molecule has 1 saturated heterocycles. The topological polar surface area (TPSA) is 15.3 Å². The van der Waals surface area contributed by atoms with Crippen molar-refractivity contribution in [3.63, 3.8) is 0 Å². The van der Waals surface area contributed by atoms with Crippen molar-refractivity contribution >= 4 is 0 Å². The highest BCUT2D eigenvalue weighted by atomic mass is 19.1. The van der Waals surface area contributed by atoms with Crippen molar-refractivity contribution in [2.45, 2.75) is 32.0 Å². The molecule has 1 aliphatic rings. The first-order chi connectivity index (χ1) is 10.8. The number of rotatable bonds is 5. The van der Waals surface area contributed by atoms with Crippen LogP contribution in [0, 0.1) is 5.82 Å². The van der Waals surface area contributed by atoms with Gasteiger partial charge in [0.1, 0.15) is 5.82 Å². The minimum absolute atomic E-state index is 0.160. The molecule has 3 heteroatoms. The number of halogens is 1. The molecule has 1 heterocycles. The van der Waals surface area contributed by atoms with Crippen molar-refractivity contribution in [2.75, 3.05) is 13.1 Å². The average molecular weight is 298 g/mol. The van der Waals surface area contributed by atoms with Crippen LogP contribution in [0.5, 0.6) is 0 Å². The Bertz CT molecular complexity index is 560. The predicted molar refractivity (Wildman–Crippen MR) is 88.0 cm³/mol. The third-order valence-electron chi connectivity index (χ3n) is 4.34. The molecule has 1 aliphatic heterocycles. The number of likely N-dealkylation sites (tertiary alicyclic amines) is 1. The van der Waals surface area contributed by atoms with Crippen LogP contribution in [0.3, 0.4) is 0 Å². The molecule has 0 radical (unpaired) electrons. The van der Waals surface area contributed by atoms with Crippen LogP contribution in [-0.2, 0) is 13.1 Å². The maximum atomic E-state index is 12.9. The van der Waals surface area contributed by atoms with Gasteiger partial charge >= 0.3 is 0 Å². The van der Waals surface area contributed by atoms with Crippen molar-refractivity contribution in [3.8, 4) is 0 Å². The number of hydrogen-bond acceptors (Lipinski definition) is 2. The summed E-state index contributed by atoms with van der Waals surface area (Å²) in [4.78, 5) is 2.45. The van der Waals surface area contributed by atoms with E-state index in [1.807, 2.05) is 12.1 Å². The molecule has 1 N–H and O–H groups in total. The predicted octanol–water partition coefficient (Wildman–Crippen LogP) is 3.58. The second-order valence-electron chi connectivity index (χ2n) is 6.04. The molecule has 116 valence electrons. The van der Waals surface area contributed by atoms with E-state index in [-0.39, 0.29) is 5.82 Å². The van der Waals surface area contributed by atoms with Gasteiger partial charge in [-0.05, 0) is 49.2 Å². The normalized spacial score (nSPS) is 16.8. The molecule has 0 unspecified atom stereocenters. The van der Waals surface area contributed by atoms with Gasteiger partial charge in [-0.3, -0.25) is 4.90 Å². The largest absolute Gasteiger partial charge is 0.310 e. The monoisotopic (exact) mass is 298 g/mol. The summed E-state index contributed by atoms with van der Waals surface area (Å²) in [6, 6.07) is 18.0. The van der Waals surface area contributed by atoms with E-state index in [0.29, 0.717) is 6.04 Å². The molecule has 0 atom stereocenters. The van der Waals surface area contributed by atoms with E-state index in [1.54, 1.807) is 12.1 Å². The molecule has 3 rings (SSSR count). The number of benzene rings is 2. The van der Waals surface area contributed by atoms with E-state index in [1.165, 1.54) is 24.0 Å². The lowest BCUT2D eigenvalue weighted by atomic mass is 10.0. The summed E-state index contributed by atoms with van der Waals surface area (Å²) >= 11 is 0. The maximum Gasteiger partial charge on any atom is 0.123 e. The third kappa shape index (κ3) is 4.39. The molecule has 0 amide bonds. The Morgan fingerprint density at radius 3 is 2.27 bits per heavy atom. The van der Waals surface area contributed by atoms with E-state index in [4.69, 9.17) is 0 Å². The van der Waals surface area contributed by atoms with Crippen molar-refractivity contribution < 1.29 is 4.39 Å². The van der Waals surface area contributed by atoms with E-state index in [0.717, 1.165) is 26.2 Å². The number of nitrogens with zero attached hydrogens (tertiary/aromatic N) is 1. The highest BCUT2D eigenvalue weighted by molar-refractivity contribution is 5.16. The van der Waals surface area contributed by atoms with Gasteiger partial charge in [-0.1, -0.05) is 42.5 Å². The summed E-state index contributed by atoms with van der Waals surface area (Å²) in [6.07, 6.45) is 2.35. The standard InChI is InChI=1S/C19H23FN2/c20-18-8-6-17(7-9-18)15-22-12-10-19(11-13-22)21-14-16-4-2-1-3-5-16/h1-9,19,21H,10-15H2. The summed E-state index contributed by atoms with van der Waals surface area (Å²) in [5, 5.41) is 3.65. The van der Waals surface area contributed by atoms with Gasteiger partial charge < -0.3 is 5.32 Å². The molecule has 2 aromatic rings. The Hall–Kier alpha value is -1.71. The molecule has 2 aromatic carbocycles. The molecule has 0 spiro atoms. The van der Waals surface area contributed by atoms with E-state index in [2.05, 4.69) is 40.5 Å². The van der Waals surface area contributed by atoms with E-state index < -0.39 is 0 Å². The zero-order valence-electron chi connectivity index (χ0n) is 12.8. The smallest absolute Gasteiger partial charge is 0.123 e. The molecule has 22 heavy (non-hydrogen) atoms. The van der Waals surface area contributed by atoms with Crippen molar-refractivity contribution in [3.05, 3.63) is 71.5 Å². The minimum Gasteiger partial charge on any atom is -0.310 e. The fraction of sp³-hybridized carbons (Fsp3) is 0.368. The summed E-state index contributed by atoms with van der Waals surface area (Å²) in [5.41, 5.74) is 2.54. The number of hydrogen-bond donors (Lipinski definition) is 1. The Morgan fingerprint density at radius 2 is 1.59 bits per heavy atom. The van der Waals surface area contributed by atoms with E-state index in [9.17, 15) is 4.39 Å². The average Bonchev–Trinajstić information content (AvgIpc) is 2.57. The van der Waals surface area contributed by atoms with Crippen LogP contribution >= 0.6 is 0 Å². The van der Waals surface area contributed by atoms with Gasteiger partial charge in [-0.2, -0.15) is 0 Å². The Kier molecular flexibility index (Phi) is 5.20. The first-order valence-electron chi connectivity index (χ1n) is 8.04. The highest BCUT2D eigenvalue weighted by Gasteiger charge is 2.18. The maximum absolute atomic E-state index is 12.9. The number of nitrogens with one attached hydrogen (secondary N) is 1. The van der Waals surface area contributed by atoms with Gasteiger partial charge in [0.2, 0.25) is 0 Å². The summed E-state index contributed by atoms with van der Waals surface area (Å²) < 4.78 is 12.9. The van der Waals surface area contributed by atoms with Gasteiger partial charge in [0.25, 0.3) is 0 Å². The van der Waals surface area contributed by atoms with Crippen LogP contribution in [-0.4, -0.2) is 24.0 Å². The fourth-order valence-electron chi connectivity index (χ4n) is 3.00. The molecule has 1 fully saturated rings. The molecular weight excluding hydrogens is 275 g/mol. The van der Waals surface area contributed by atoms with Crippen LogP contribution in [0.15, 0.2) is 54.6 Å². The van der Waals surface area contributed by atoms with Gasteiger partial charge in [-0.15, -0.1) is 0 Å². The first kappa shape index (κ1) is 15.2. The lowest BCUT2D eigenvalue weighted by Gasteiger charge is -2.32. The Morgan fingerprint density at radius 1 is 0.909 bits per heavy atom. The van der Waals surface area contributed by atoms with Gasteiger partial charge in [0.05, 0.1) is 0 Å².